The number of nitrogens with zero attached hydrogens (tertiary/aromatic N) is 5. The van der Waals surface area contributed by atoms with Crippen LogP contribution in [-0.2, 0) is 0 Å². The third kappa shape index (κ3) is 3.41. The van der Waals surface area contributed by atoms with Crippen molar-refractivity contribution in [2.24, 2.45) is 0 Å². The number of carbonyl (C=O) groups is 1. The topological polar surface area (TPSA) is 61.8 Å². The number of likely N-dealkylation sites (tertiary alicyclic amines) is 1. The van der Waals surface area contributed by atoms with Gasteiger partial charge >= 0.3 is 12.0 Å². The van der Waals surface area contributed by atoms with Crippen LogP contribution in [0.3, 0.4) is 0 Å². The van der Waals surface area contributed by atoms with E-state index >= 15 is 0 Å². The molecule has 0 unspecified atom stereocenters. The molecule has 7 heteroatoms. The molecule has 0 bridgehead atoms. The van der Waals surface area contributed by atoms with Crippen LogP contribution in [0.5, 0.6) is 6.01 Å². The van der Waals surface area contributed by atoms with Gasteiger partial charge in [0.1, 0.15) is 6.10 Å². The van der Waals surface area contributed by atoms with Gasteiger partial charge in [0.2, 0.25) is 0 Å². The van der Waals surface area contributed by atoms with E-state index in [2.05, 4.69) is 21.9 Å². The second-order valence-electron chi connectivity index (χ2n) is 5.58. The molecule has 0 spiro atoms. The van der Waals surface area contributed by atoms with Gasteiger partial charge in [-0.2, -0.15) is 0 Å². The first kappa shape index (κ1) is 14.1. The van der Waals surface area contributed by atoms with E-state index in [9.17, 15) is 4.79 Å². The highest BCUT2D eigenvalue weighted by Crippen LogP contribution is 2.16. The van der Waals surface area contributed by atoms with Gasteiger partial charge < -0.3 is 19.4 Å². The van der Waals surface area contributed by atoms with Crippen molar-refractivity contribution >= 4 is 6.03 Å². The Bertz CT molecular complexity index is 476. The fourth-order valence-corrected chi connectivity index (χ4v) is 2.69. The standard InChI is InChI=1S/C14H21N5O2/c1-17-7-9-18(10-8-17)14(20)19-6-3-12(11-19)21-13-15-4-2-5-16-13/h2,4-5,12H,3,6-11H2,1H3/t12-/m0/s1. The van der Waals surface area contributed by atoms with E-state index in [1.807, 2.05) is 9.80 Å². The van der Waals surface area contributed by atoms with E-state index in [1.165, 1.54) is 0 Å². The first-order chi connectivity index (χ1) is 10.2. The lowest BCUT2D eigenvalue weighted by molar-refractivity contribution is 0.123. The van der Waals surface area contributed by atoms with Crippen LogP contribution in [0.25, 0.3) is 0 Å². The van der Waals surface area contributed by atoms with E-state index in [1.54, 1.807) is 18.5 Å². The minimum Gasteiger partial charge on any atom is -0.458 e. The summed E-state index contributed by atoms with van der Waals surface area (Å²) in [5, 5.41) is 0. The molecule has 1 aromatic heterocycles. The lowest BCUT2D eigenvalue weighted by Gasteiger charge is -2.34. The Morgan fingerprint density at radius 1 is 1.14 bits per heavy atom. The van der Waals surface area contributed by atoms with Crippen LogP contribution in [0.4, 0.5) is 4.79 Å². The Balaban J connectivity index is 1.51. The summed E-state index contributed by atoms with van der Waals surface area (Å²) in [6.07, 6.45) is 4.14. The van der Waals surface area contributed by atoms with Crippen molar-refractivity contribution in [2.45, 2.75) is 12.5 Å². The molecule has 1 aromatic rings. The molecule has 2 fully saturated rings. The van der Waals surface area contributed by atoms with Crippen LogP contribution >= 0.6 is 0 Å². The molecule has 2 saturated heterocycles. The van der Waals surface area contributed by atoms with E-state index < -0.39 is 0 Å². The molecular formula is C14H21N5O2. The van der Waals surface area contributed by atoms with Crippen molar-refractivity contribution in [3.63, 3.8) is 0 Å². The van der Waals surface area contributed by atoms with Crippen LogP contribution in [0, 0.1) is 0 Å². The summed E-state index contributed by atoms with van der Waals surface area (Å²) < 4.78 is 5.72. The monoisotopic (exact) mass is 291 g/mol. The molecular weight excluding hydrogens is 270 g/mol. The number of ether oxygens (including phenoxy) is 1. The second kappa shape index (κ2) is 6.26. The molecule has 21 heavy (non-hydrogen) atoms. The average Bonchev–Trinajstić information content (AvgIpc) is 2.97. The third-order valence-electron chi connectivity index (χ3n) is 4.00. The van der Waals surface area contributed by atoms with E-state index in [-0.39, 0.29) is 12.1 Å². The summed E-state index contributed by atoms with van der Waals surface area (Å²) in [7, 11) is 2.08. The van der Waals surface area contributed by atoms with Gasteiger partial charge in [0.15, 0.2) is 0 Å². The first-order valence-electron chi connectivity index (χ1n) is 7.38. The predicted molar refractivity (Wildman–Crippen MR) is 77.1 cm³/mol. The molecule has 7 nitrogen and oxygen atoms in total. The smallest absolute Gasteiger partial charge is 0.320 e. The summed E-state index contributed by atoms with van der Waals surface area (Å²) in [6.45, 7) is 4.85. The number of urea groups is 1. The number of amides is 2. The van der Waals surface area contributed by atoms with Crippen LogP contribution in [0.2, 0.25) is 0 Å². The van der Waals surface area contributed by atoms with Crippen molar-refractivity contribution in [2.75, 3.05) is 46.3 Å². The average molecular weight is 291 g/mol. The number of carbonyl (C=O) groups excluding carboxylic acids is 1. The number of rotatable bonds is 2. The zero-order valence-corrected chi connectivity index (χ0v) is 12.3. The molecule has 0 aromatic carbocycles. The zero-order chi connectivity index (χ0) is 14.7. The first-order valence-corrected chi connectivity index (χ1v) is 7.38. The summed E-state index contributed by atoms with van der Waals surface area (Å²) in [4.78, 5) is 26.6. The molecule has 1 atom stereocenters. The molecule has 2 aliphatic heterocycles. The fraction of sp³-hybridized carbons (Fsp3) is 0.643. The maximum Gasteiger partial charge on any atom is 0.320 e. The molecule has 0 radical (unpaired) electrons. The molecule has 2 amide bonds. The van der Waals surface area contributed by atoms with Crippen molar-refractivity contribution < 1.29 is 9.53 Å². The van der Waals surface area contributed by atoms with Gasteiger partial charge in [0.25, 0.3) is 0 Å². The highest BCUT2D eigenvalue weighted by molar-refractivity contribution is 5.75. The molecule has 0 saturated carbocycles. The Kier molecular flexibility index (Phi) is 4.19. The van der Waals surface area contributed by atoms with Crippen molar-refractivity contribution in [3.05, 3.63) is 18.5 Å². The summed E-state index contributed by atoms with van der Waals surface area (Å²) in [6, 6.07) is 2.27. The van der Waals surface area contributed by atoms with Gasteiger partial charge in [0.05, 0.1) is 6.54 Å². The molecule has 0 aliphatic carbocycles. The van der Waals surface area contributed by atoms with E-state index in [4.69, 9.17) is 4.74 Å². The number of hydrogen-bond acceptors (Lipinski definition) is 5. The largest absolute Gasteiger partial charge is 0.458 e. The van der Waals surface area contributed by atoms with Crippen LogP contribution < -0.4 is 4.74 Å². The molecule has 2 aliphatic rings. The molecule has 3 rings (SSSR count). The van der Waals surface area contributed by atoms with Gasteiger partial charge in [-0.3, -0.25) is 0 Å². The van der Waals surface area contributed by atoms with Gasteiger partial charge in [-0.1, -0.05) is 0 Å². The minimum absolute atomic E-state index is 0.0104. The maximum atomic E-state index is 12.5. The van der Waals surface area contributed by atoms with Gasteiger partial charge in [-0.05, 0) is 13.1 Å². The van der Waals surface area contributed by atoms with Crippen molar-refractivity contribution in [1.82, 2.24) is 24.7 Å². The van der Waals surface area contributed by atoms with Crippen LogP contribution in [0.15, 0.2) is 18.5 Å². The van der Waals surface area contributed by atoms with Gasteiger partial charge in [-0.15, -0.1) is 0 Å². The number of aromatic nitrogens is 2. The minimum atomic E-state index is -0.0104. The van der Waals surface area contributed by atoms with Crippen LogP contribution in [-0.4, -0.2) is 83.1 Å². The summed E-state index contributed by atoms with van der Waals surface area (Å²) in [5.74, 6) is 0. The highest BCUT2D eigenvalue weighted by atomic mass is 16.5. The Hall–Kier alpha value is -1.89. The lowest BCUT2D eigenvalue weighted by Crippen LogP contribution is -2.51. The quantitative estimate of drug-likeness (QED) is 0.784. The Morgan fingerprint density at radius 2 is 1.86 bits per heavy atom. The molecule has 0 N–H and O–H groups in total. The fourth-order valence-electron chi connectivity index (χ4n) is 2.69. The normalized spacial score (nSPS) is 23.4. The molecule has 3 heterocycles. The van der Waals surface area contributed by atoms with E-state index in [0.717, 1.165) is 39.1 Å². The number of hydrogen-bond donors (Lipinski definition) is 0. The van der Waals surface area contributed by atoms with Gasteiger partial charge in [-0.25, -0.2) is 14.8 Å². The van der Waals surface area contributed by atoms with Crippen molar-refractivity contribution in [3.8, 4) is 6.01 Å². The van der Waals surface area contributed by atoms with Crippen molar-refractivity contribution in [1.29, 1.82) is 0 Å². The predicted octanol–water partition coefficient (Wildman–Crippen LogP) is 0.297. The highest BCUT2D eigenvalue weighted by Gasteiger charge is 2.31. The number of likely N-dealkylation sites (N-methyl/N-ethyl adjacent to an activating group) is 1. The SMILES string of the molecule is CN1CCN(C(=O)N2CC[C@H](Oc3ncccn3)C2)CC1. The second-order valence-corrected chi connectivity index (χ2v) is 5.58. The zero-order valence-electron chi connectivity index (χ0n) is 12.3. The number of piperazine rings is 1. The Labute approximate surface area is 124 Å². The maximum absolute atomic E-state index is 12.5. The lowest BCUT2D eigenvalue weighted by atomic mass is 10.3. The van der Waals surface area contributed by atoms with E-state index in [0.29, 0.717) is 12.6 Å². The summed E-state index contributed by atoms with van der Waals surface area (Å²) >= 11 is 0. The summed E-state index contributed by atoms with van der Waals surface area (Å²) in [5.41, 5.74) is 0. The Morgan fingerprint density at radius 3 is 2.57 bits per heavy atom. The van der Waals surface area contributed by atoms with Gasteiger partial charge in [0, 0.05) is 51.5 Å². The van der Waals surface area contributed by atoms with Crippen LogP contribution in [0.1, 0.15) is 6.42 Å². The molecule has 114 valence electrons. The third-order valence-corrected chi connectivity index (χ3v) is 4.00.